The van der Waals surface area contributed by atoms with Crippen molar-refractivity contribution >= 4 is 35.6 Å². The number of halogens is 1. The van der Waals surface area contributed by atoms with Gasteiger partial charge in [-0.05, 0) is 49.0 Å². The van der Waals surface area contributed by atoms with Gasteiger partial charge >= 0.3 is 0 Å². The number of anilines is 2. The molecule has 0 atom stereocenters. The summed E-state index contributed by atoms with van der Waals surface area (Å²) < 4.78 is 0. The van der Waals surface area contributed by atoms with E-state index in [0.717, 1.165) is 49.7 Å². The van der Waals surface area contributed by atoms with Crippen LogP contribution >= 0.6 is 11.6 Å². The fraction of sp³-hybridized carbons (Fsp3) is 0.250. The highest BCUT2D eigenvalue weighted by Gasteiger charge is 2.21. The van der Waals surface area contributed by atoms with E-state index in [0.29, 0.717) is 16.5 Å². The fourth-order valence-corrected chi connectivity index (χ4v) is 3.60. The molecule has 0 aliphatic carbocycles. The first-order valence-corrected chi connectivity index (χ1v) is 11.0. The largest absolute Gasteiger partial charge is 0.483 e. The maximum Gasteiger partial charge on any atom is 0.290 e. The maximum atomic E-state index is 12.7. The molecule has 0 spiro atoms. The molecule has 4 rings (SSSR count). The number of likely N-dealkylation sites (N-methyl/N-ethyl adjacent to an activating group) is 1. The molecule has 0 radical (unpaired) electrons. The first-order chi connectivity index (χ1) is 16.0. The third-order valence-electron chi connectivity index (χ3n) is 5.29. The lowest BCUT2D eigenvalue weighted by Crippen LogP contribution is -2.48. The number of hydrogen-bond acceptors (Lipinski definition) is 6. The predicted octanol–water partition coefficient (Wildman–Crippen LogP) is 4.02. The van der Waals surface area contributed by atoms with Gasteiger partial charge < -0.3 is 20.2 Å². The molecule has 2 N–H and O–H groups in total. The van der Waals surface area contributed by atoms with E-state index in [4.69, 9.17) is 21.5 Å². The van der Waals surface area contributed by atoms with Crippen molar-refractivity contribution in [2.45, 2.75) is 6.92 Å². The summed E-state index contributed by atoms with van der Waals surface area (Å²) in [5.74, 6) is 0.579. The topological polar surface area (TPSA) is 98.7 Å². The Morgan fingerprint density at radius 2 is 1.70 bits per heavy atom. The minimum Gasteiger partial charge on any atom is -0.483 e. The Hall–Kier alpha value is -3.49. The van der Waals surface area contributed by atoms with Crippen LogP contribution in [0.25, 0.3) is 11.3 Å². The summed E-state index contributed by atoms with van der Waals surface area (Å²) in [5, 5.41) is 10.8. The van der Waals surface area contributed by atoms with Crippen LogP contribution in [0.2, 0.25) is 5.02 Å². The van der Waals surface area contributed by atoms with Gasteiger partial charge in [-0.1, -0.05) is 30.7 Å². The molecule has 0 saturated carbocycles. The maximum absolute atomic E-state index is 12.7. The van der Waals surface area contributed by atoms with Crippen molar-refractivity contribution in [2.75, 3.05) is 38.0 Å². The molecule has 0 unspecified atom stereocenters. The van der Waals surface area contributed by atoms with E-state index in [1.165, 1.54) is 0 Å². The number of piperazine rings is 1. The second kappa shape index (κ2) is 11.9. The van der Waals surface area contributed by atoms with Gasteiger partial charge in [0, 0.05) is 54.2 Å². The van der Waals surface area contributed by atoms with Crippen LogP contribution in [0.3, 0.4) is 0 Å². The lowest BCUT2D eigenvalue weighted by molar-refractivity contribution is -0.122. The van der Waals surface area contributed by atoms with Crippen LogP contribution in [0, 0.1) is 0 Å². The molecule has 0 bridgehead atoms. The van der Waals surface area contributed by atoms with Gasteiger partial charge in [-0.25, -0.2) is 9.97 Å². The number of carboxylic acid groups (broad SMARTS) is 1. The van der Waals surface area contributed by atoms with Crippen LogP contribution in [0.4, 0.5) is 11.6 Å². The van der Waals surface area contributed by atoms with E-state index in [1.54, 1.807) is 6.20 Å². The number of nitrogens with zero attached hydrogens (tertiary/aromatic N) is 4. The number of carbonyl (C=O) groups is 2. The summed E-state index contributed by atoms with van der Waals surface area (Å²) >= 11 is 5.96. The minimum absolute atomic E-state index is 0.0817. The van der Waals surface area contributed by atoms with E-state index in [2.05, 4.69) is 27.1 Å². The summed E-state index contributed by atoms with van der Waals surface area (Å²) in [7, 11) is 0. The smallest absolute Gasteiger partial charge is 0.290 e. The van der Waals surface area contributed by atoms with Crippen LogP contribution in [0.5, 0.6) is 0 Å². The third kappa shape index (κ3) is 6.74. The van der Waals surface area contributed by atoms with Gasteiger partial charge in [0.2, 0.25) is 5.95 Å². The molecule has 1 aliphatic rings. The van der Waals surface area contributed by atoms with Crippen molar-refractivity contribution in [2.24, 2.45) is 0 Å². The van der Waals surface area contributed by atoms with Crippen molar-refractivity contribution in [3.63, 3.8) is 0 Å². The molecule has 1 amide bonds. The molecule has 9 heteroatoms. The summed E-state index contributed by atoms with van der Waals surface area (Å²) in [5.41, 5.74) is 3.30. The summed E-state index contributed by atoms with van der Waals surface area (Å²) in [6.45, 7) is 6.35. The lowest BCUT2D eigenvalue weighted by Gasteiger charge is -2.34. The van der Waals surface area contributed by atoms with Crippen molar-refractivity contribution in [1.82, 2.24) is 19.8 Å². The molecule has 2 heterocycles. The Morgan fingerprint density at radius 1 is 1.06 bits per heavy atom. The number of benzene rings is 2. The van der Waals surface area contributed by atoms with E-state index in [9.17, 15) is 4.79 Å². The van der Waals surface area contributed by atoms with Crippen LogP contribution < -0.4 is 5.32 Å². The fourth-order valence-electron chi connectivity index (χ4n) is 3.48. The molecule has 3 aromatic rings. The van der Waals surface area contributed by atoms with Crippen molar-refractivity contribution in [3.8, 4) is 11.3 Å². The quantitative estimate of drug-likeness (QED) is 0.547. The Bertz CT molecular complexity index is 1050. The Labute approximate surface area is 197 Å². The van der Waals surface area contributed by atoms with Gasteiger partial charge in [0.15, 0.2) is 0 Å². The van der Waals surface area contributed by atoms with Crippen LogP contribution in [0.15, 0.2) is 60.8 Å². The van der Waals surface area contributed by atoms with E-state index in [-0.39, 0.29) is 12.4 Å². The highest BCUT2D eigenvalue weighted by atomic mass is 35.5. The molecule has 33 heavy (non-hydrogen) atoms. The SMILES string of the molecule is CCN1CCN(C(=O)c2ccc(Nc3nccc(-c4ccc(Cl)cc4)n3)cc2)CC1.O=CO. The molecule has 1 saturated heterocycles. The van der Waals surface area contributed by atoms with Crippen molar-refractivity contribution < 1.29 is 14.7 Å². The zero-order chi connectivity index (χ0) is 23.6. The number of aromatic nitrogens is 2. The highest BCUT2D eigenvalue weighted by Crippen LogP contribution is 2.22. The highest BCUT2D eigenvalue weighted by molar-refractivity contribution is 6.30. The lowest BCUT2D eigenvalue weighted by atomic mass is 10.1. The van der Waals surface area contributed by atoms with Crippen LogP contribution in [-0.4, -0.2) is 70.0 Å². The molecule has 2 aromatic carbocycles. The summed E-state index contributed by atoms with van der Waals surface area (Å²) in [6, 6.07) is 16.8. The molecular weight excluding hydrogens is 442 g/mol. The molecule has 8 nitrogen and oxygen atoms in total. The predicted molar refractivity (Wildman–Crippen MR) is 129 cm³/mol. The first-order valence-electron chi connectivity index (χ1n) is 10.6. The normalized spacial score (nSPS) is 13.6. The van der Waals surface area contributed by atoms with E-state index >= 15 is 0 Å². The van der Waals surface area contributed by atoms with Crippen LogP contribution in [0.1, 0.15) is 17.3 Å². The van der Waals surface area contributed by atoms with E-state index in [1.807, 2.05) is 59.5 Å². The van der Waals surface area contributed by atoms with Gasteiger partial charge in [-0.2, -0.15) is 0 Å². The zero-order valence-corrected chi connectivity index (χ0v) is 19.1. The Kier molecular flexibility index (Phi) is 8.74. The number of nitrogens with one attached hydrogen (secondary N) is 1. The molecular formula is C24H26ClN5O3. The van der Waals surface area contributed by atoms with Crippen LogP contribution in [-0.2, 0) is 4.79 Å². The average Bonchev–Trinajstić information content (AvgIpc) is 2.85. The minimum atomic E-state index is -0.250. The van der Waals surface area contributed by atoms with E-state index < -0.39 is 0 Å². The Morgan fingerprint density at radius 3 is 2.30 bits per heavy atom. The number of hydrogen-bond donors (Lipinski definition) is 2. The molecule has 1 aromatic heterocycles. The number of rotatable bonds is 5. The van der Waals surface area contributed by atoms with Gasteiger partial charge in [0.25, 0.3) is 12.4 Å². The summed E-state index contributed by atoms with van der Waals surface area (Å²) in [4.78, 5) is 34.2. The average molecular weight is 468 g/mol. The van der Waals surface area contributed by atoms with Gasteiger partial charge in [-0.3, -0.25) is 9.59 Å². The van der Waals surface area contributed by atoms with Gasteiger partial charge in [0.05, 0.1) is 5.69 Å². The summed E-state index contributed by atoms with van der Waals surface area (Å²) in [6.07, 6.45) is 1.72. The zero-order valence-electron chi connectivity index (χ0n) is 18.3. The molecule has 1 fully saturated rings. The standard InChI is InChI=1S/C23H24ClN5O.CH2O2/c1-2-28-13-15-29(16-14-28)22(30)18-5-9-20(10-6-18)26-23-25-12-11-21(27-23)17-3-7-19(24)8-4-17;2-1-3/h3-12H,2,13-16H2,1H3,(H,25,26,27);1H,(H,2,3). The molecule has 172 valence electrons. The second-order valence-electron chi connectivity index (χ2n) is 7.31. The monoisotopic (exact) mass is 467 g/mol. The molecule has 1 aliphatic heterocycles. The number of carbonyl (C=O) groups excluding carboxylic acids is 1. The second-order valence-corrected chi connectivity index (χ2v) is 7.74. The van der Waals surface area contributed by atoms with Crippen molar-refractivity contribution in [3.05, 3.63) is 71.4 Å². The Balaban J connectivity index is 0.000000968. The third-order valence-corrected chi connectivity index (χ3v) is 5.54. The number of amides is 1. The van der Waals surface area contributed by atoms with Gasteiger partial charge in [0.1, 0.15) is 0 Å². The first kappa shape index (κ1) is 24.2. The van der Waals surface area contributed by atoms with Crippen molar-refractivity contribution in [1.29, 1.82) is 0 Å². The van der Waals surface area contributed by atoms with Gasteiger partial charge in [-0.15, -0.1) is 0 Å².